The van der Waals surface area contributed by atoms with E-state index in [-0.39, 0.29) is 16.6 Å². The third kappa shape index (κ3) is 6.18. The van der Waals surface area contributed by atoms with Crippen LogP contribution in [0.4, 0.5) is 0 Å². The highest BCUT2D eigenvalue weighted by Crippen LogP contribution is 2.44. The second kappa shape index (κ2) is 9.02. The van der Waals surface area contributed by atoms with Crippen LogP contribution in [0.2, 0.25) is 23.2 Å². The van der Waals surface area contributed by atoms with E-state index in [1.165, 1.54) is 5.56 Å². The van der Waals surface area contributed by atoms with Gasteiger partial charge in [-0.05, 0) is 66.4 Å². The molecular weight excluding hydrogens is 384 g/mol. The van der Waals surface area contributed by atoms with Crippen molar-refractivity contribution < 1.29 is 9.22 Å². The number of halogens is 1. The summed E-state index contributed by atoms with van der Waals surface area (Å²) in [5.74, 6) is 0.934. The highest BCUT2D eigenvalue weighted by Gasteiger charge is 2.40. The van der Waals surface area contributed by atoms with E-state index in [9.17, 15) is 4.79 Å². The number of carbonyl (C=O) groups is 1. The molecule has 0 aliphatic heterocycles. The molecule has 1 aliphatic rings. The van der Waals surface area contributed by atoms with Crippen molar-refractivity contribution in [3.63, 3.8) is 0 Å². The van der Waals surface area contributed by atoms with E-state index in [0.29, 0.717) is 11.7 Å². The Bertz CT molecular complexity index is 658. The number of rotatable bonds is 7. The smallest absolute Gasteiger partial charge is 0.192 e. The number of ketones is 1. The molecule has 4 heteroatoms. The Balaban J connectivity index is 2.09. The SMILES string of the molecule is CC1(C)CCC(=O)C[C@@H]1CCCC(O[Si](C)(C)C(C)(C)C)c1ccc(Cl)cc1. The molecular formula is C24H39ClO2Si. The van der Waals surface area contributed by atoms with E-state index >= 15 is 0 Å². The van der Waals surface area contributed by atoms with Crippen LogP contribution in [-0.4, -0.2) is 14.1 Å². The minimum Gasteiger partial charge on any atom is -0.410 e. The van der Waals surface area contributed by atoms with Crippen molar-refractivity contribution in [3.8, 4) is 0 Å². The molecule has 158 valence electrons. The molecule has 0 aromatic heterocycles. The summed E-state index contributed by atoms with van der Waals surface area (Å²) >= 11 is 6.11. The molecule has 1 aromatic carbocycles. The quantitative estimate of drug-likeness (QED) is 0.416. The molecule has 0 saturated heterocycles. The Morgan fingerprint density at radius 2 is 1.82 bits per heavy atom. The first-order chi connectivity index (χ1) is 12.8. The Hall–Kier alpha value is -0.643. The first-order valence-electron chi connectivity index (χ1n) is 10.8. The minimum absolute atomic E-state index is 0.0977. The number of Topliss-reactive ketones (excluding diaryl/α,β-unsaturated/α-hetero) is 1. The lowest BCUT2D eigenvalue weighted by Gasteiger charge is -2.40. The zero-order chi connectivity index (χ0) is 21.2. The Morgan fingerprint density at radius 3 is 2.39 bits per heavy atom. The van der Waals surface area contributed by atoms with Crippen molar-refractivity contribution in [2.24, 2.45) is 11.3 Å². The van der Waals surface area contributed by atoms with Gasteiger partial charge < -0.3 is 4.43 Å². The molecule has 2 nitrogen and oxygen atoms in total. The zero-order valence-corrected chi connectivity index (χ0v) is 20.7. The molecule has 1 unspecified atom stereocenters. The Labute approximate surface area is 178 Å². The van der Waals surface area contributed by atoms with Gasteiger partial charge in [-0.2, -0.15) is 0 Å². The lowest BCUT2D eigenvalue weighted by molar-refractivity contribution is -0.124. The third-order valence-corrected chi connectivity index (χ3v) is 11.9. The average molecular weight is 423 g/mol. The molecule has 0 N–H and O–H groups in total. The summed E-state index contributed by atoms with van der Waals surface area (Å²) in [6.07, 6.45) is 5.81. The highest BCUT2D eigenvalue weighted by atomic mass is 35.5. The zero-order valence-electron chi connectivity index (χ0n) is 18.9. The average Bonchev–Trinajstić information content (AvgIpc) is 2.57. The van der Waals surface area contributed by atoms with E-state index < -0.39 is 8.32 Å². The van der Waals surface area contributed by atoms with Crippen LogP contribution in [0.1, 0.15) is 84.8 Å². The molecule has 2 rings (SSSR count). The Morgan fingerprint density at radius 1 is 1.21 bits per heavy atom. The van der Waals surface area contributed by atoms with Gasteiger partial charge in [0.15, 0.2) is 8.32 Å². The van der Waals surface area contributed by atoms with Crippen molar-refractivity contribution in [2.45, 2.75) is 97.4 Å². The van der Waals surface area contributed by atoms with Crippen LogP contribution in [0.3, 0.4) is 0 Å². The second-order valence-corrected chi connectivity index (χ2v) is 16.0. The van der Waals surface area contributed by atoms with Gasteiger partial charge in [0.1, 0.15) is 5.78 Å². The van der Waals surface area contributed by atoms with Crippen LogP contribution in [0.15, 0.2) is 24.3 Å². The predicted molar refractivity (Wildman–Crippen MR) is 122 cm³/mol. The molecule has 2 atom stereocenters. The standard InChI is InChI=1S/C24H39ClO2Si/c1-23(2,3)28(6,7)27-22(18-11-13-20(25)14-12-18)10-8-9-19-17-21(26)15-16-24(19,4)5/h11-14,19,22H,8-10,15-17H2,1-7H3/t19-,22?/m0/s1. The Kier molecular flexibility index (Phi) is 7.61. The molecule has 0 radical (unpaired) electrons. The summed E-state index contributed by atoms with van der Waals surface area (Å²) in [4.78, 5) is 12.0. The lowest BCUT2D eigenvalue weighted by Crippen LogP contribution is -2.41. The number of hydrogen-bond donors (Lipinski definition) is 0. The van der Waals surface area contributed by atoms with Gasteiger partial charge in [0.25, 0.3) is 0 Å². The fourth-order valence-electron chi connectivity index (χ4n) is 3.86. The van der Waals surface area contributed by atoms with E-state index in [1.807, 2.05) is 12.1 Å². The number of benzene rings is 1. The largest absolute Gasteiger partial charge is 0.410 e. The summed E-state index contributed by atoms with van der Waals surface area (Å²) in [6, 6.07) is 8.13. The molecule has 0 bridgehead atoms. The molecule has 1 fully saturated rings. The fourth-order valence-corrected chi connectivity index (χ4v) is 5.31. The van der Waals surface area contributed by atoms with Gasteiger partial charge >= 0.3 is 0 Å². The lowest BCUT2D eigenvalue weighted by atomic mass is 9.66. The van der Waals surface area contributed by atoms with Crippen molar-refractivity contribution in [2.75, 3.05) is 0 Å². The molecule has 0 amide bonds. The van der Waals surface area contributed by atoms with E-state index in [1.54, 1.807) is 0 Å². The van der Waals surface area contributed by atoms with Crippen LogP contribution < -0.4 is 0 Å². The van der Waals surface area contributed by atoms with Gasteiger partial charge in [0.05, 0.1) is 6.10 Å². The van der Waals surface area contributed by atoms with Crippen LogP contribution in [-0.2, 0) is 9.22 Å². The maximum Gasteiger partial charge on any atom is 0.192 e. The van der Waals surface area contributed by atoms with Gasteiger partial charge in [0, 0.05) is 17.9 Å². The predicted octanol–water partition coefficient (Wildman–Crippen LogP) is 7.97. The monoisotopic (exact) mass is 422 g/mol. The maximum atomic E-state index is 12.0. The van der Waals surface area contributed by atoms with Gasteiger partial charge in [-0.1, -0.05) is 64.8 Å². The topological polar surface area (TPSA) is 26.3 Å². The molecule has 1 aliphatic carbocycles. The molecule has 1 saturated carbocycles. The normalized spacial score (nSPS) is 21.6. The maximum absolute atomic E-state index is 12.0. The highest BCUT2D eigenvalue weighted by molar-refractivity contribution is 6.74. The summed E-state index contributed by atoms with van der Waals surface area (Å²) in [6.45, 7) is 16.1. The summed E-state index contributed by atoms with van der Waals surface area (Å²) in [5.41, 5.74) is 1.48. The van der Waals surface area contributed by atoms with E-state index in [4.69, 9.17) is 16.0 Å². The molecule has 0 heterocycles. The number of carbonyl (C=O) groups excluding carboxylic acids is 1. The van der Waals surface area contributed by atoms with Gasteiger partial charge in [-0.15, -0.1) is 0 Å². The summed E-state index contributed by atoms with van der Waals surface area (Å²) < 4.78 is 6.82. The van der Waals surface area contributed by atoms with Crippen molar-refractivity contribution in [1.82, 2.24) is 0 Å². The molecule has 28 heavy (non-hydrogen) atoms. The van der Waals surface area contributed by atoms with Crippen molar-refractivity contribution in [1.29, 1.82) is 0 Å². The van der Waals surface area contributed by atoms with Gasteiger partial charge in [0.2, 0.25) is 0 Å². The molecule has 0 spiro atoms. The van der Waals surface area contributed by atoms with Crippen LogP contribution in [0.25, 0.3) is 0 Å². The van der Waals surface area contributed by atoms with Gasteiger partial charge in [-0.25, -0.2) is 0 Å². The van der Waals surface area contributed by atoms with E-state index in [0.717, 1.165) is 43.5 Å². The third-order valence-electron chi connectivity index (χ3n) is 7.13. The van der Waals surface area contributed by atoms with E-state index in [2.05, 4.69) is 59.8 Å². The van der Waals surface area contributed by atoms with Crippen LogP contribution >= 0.6 is 11.6 Å². The van der Waals surface area contributed by atoms with Gasteiger partial charge in [-0.3, -0.25) is 4.79 Å². The van der Waals surface area contributed by atoms with Crippen molar-refractivity contribution in [3.05, 3.63) is 34.9 Å². The number of hydrogen-bond acceptors (Lipinski definition) is 2. The molecule has 1 aromatic rings. The summed E-state index contributed by atoms with van der Waals surface area (Å²) in [5, 5.41) is 0.937. The fraction of sp³-hybridized carbons (Fsp3) is 0.708. The second-order valence-electron chi connectivity index (χ2n) is 10.8. The summed E-state index contributed by atoms with van der Waals surface area (Å²) in [7, 11) is -1.88. The first kappa shape index (κ1) is 23.6. The van der Waals surface area contributed by atoms with Crippen LogP contribution in [0, 0.1) is 11.3 Å². The van der Waals surface area contributed by atoms with Crippen LogP contribution in [0.5, 0.6) is 0 Å². The van der Waals surface area contributed by atoms with Crippen molar-refractivity contribution >= 4 is 25.7 Å². The minimum atomic E-state index is -1.88. The first-order valence-corrected chi connectivity index (χ1v) is 14.1.